The molecule has 1 saturated carbocycles. The number of nitrogens with zero attached hydrogens (tertiary/aromatic N) is 1. The third-order valence-electron chi connectivity index (χ3n) is 10.2. The second-order valence-electron chi connectivity index (χ2n) is 12.8. The van der Waals surface area contributed by atoms with Crippen LogP contribution in [0.5, 0.6) is 0 Å². The largest absolute Gasteiger partial charge is 0.386 e. The number of rotatable bonds is 11. The third-order valence-corrected chi connectivity index (χ3v) is 10.2. The molecule has 202 valence electrons. The van der Waals surface area contributed by atoms with Crippen molar-refractivity contribution in [1.82, 2.24) is 15.2 Å². The van der Waals surface area contributed by atoms with Gasteiger partial charge in [-0.25, -0.2) is 0 Å². The Morgan fingerprint density at radius 1 is 1.18 bits per heavy atom. The SMILES string of the molecule is C=C(CCCc1c[nH]c2ccccc12)NC(CC)CC12CCN(CC3CC3)C(Cc3ccc(C)c(C)c31)C2. The number of H-pyrrole nitrogens is 1. The van der Waals surface area contributed by atoms with Crippen LogP contribution in [-0.4, -0.2) is 35.1 Å². The predicted molar refractivity (Wildman–Crippen MR) is 161 cm³/mol. The summed E-state index contributed by atoms with van der Waals surface area (Å²) in [6.07, 6.45) is 14.6. The van der Waals surface area contributed by atoms with Crippen molar-refractivity contribution in [1.29, 1.82) is 0 Å². The average Bonchev–Trinajstić information content (AvgIpc) is 3.65. The predicted octanol–water partition coefficient (Wildman–Crippen LogP) is 7.75. The Morgan fingerprint density at radius 3 is 2.84 bits per heavy atom. The van der Waals surface area contributed by atoms with Crippen LogP contribution in [0, 0.1) is 19.8 Å². The first kappa shape index (κ1) is 25.7. The molecule has 3 aromatic rings. The number of fused-ring (bicyclic) bond motifs is 5. The molecule has 3 unspecified atom stereocenters. The van der Waals surface area contributed by atoms with Gasteiger partial charge in [-0.2, -0.15) is 0 Å². The van der Waals surface area contributed by atoms with E-state index in [1.165, 1.54) is 79.3 Å². The van der Waals surface area contributed by atoms with Crippen molar-refractivity contribution in [3.05, 3.63) is 82.7 Å². The summed E-state index contributed by atoms with van der Waals surface area (Å²) in [7, 11) is 0. The van der Waals surface area contributed by atoms with E-state index in [4.69, 9.17) is 0 Å². The molecule has 38 heavy (non-hydrogen) atoms. The van der Waals surface area contributed by atoms with E-state index in [-0.39, 0.29) is 0 Å². The van der Waals surface area contributed by atoms with Gasteiger partial charge in [-0.05, 0) is 124 Å². The normalized spacial score (nSPS) is 23.8. The molecule has 2 bridgehead atoms. The van der Waals surface area contributed by atoms with Gasteiger partial charge in [0.25, 0.3) is 0 Å². The highest BCUT2D eigenvalue weighted by molar-refractivity contribution is 5.83. The Morgan fingerprint density at radius 2 is 2.03 bits per heavy atom. The zero-order chi connectivity index (χ0) is 26.3. The molecule has 0 amide bonds. The van der Waals surface area contributed by atoms with Crippen LogP contribution in [0.4, 0.5) is 0 Å². The topological polar surface area (TPSA) is 31.1 Å². The first-order valence-electron chi connectivity index (χ1n) is 15.3. The lowest BCUT2D eigenvalue weighted by Crippen LogP contribution is -2.55. The van der Waals surface area contributed by atoms with Crippen LogP contribution in [0.2, 0.25) is 0 Å². The highest BCUT2D eigenvalue weighted by atomic mass is 15.2. The highest BCUT2D eigenvalue weighted by Gasteiger charge is 2.48. The monoisotopic (exact) mass is 509 g/mol. The molecule has 3 nitrogen and oxygen atoms in total. The second-order valence-corrected chi connectivity index (χ2v) is 12.8. The maximum absolute atomic E-state index is 4.49. The Labute approximate surface area is 230 Å². The summed E-state index contributed by atoms with van der Waals surface area (Å²) in [5.41, 5.74) is 10.5. The highest BCUT2D eigenvalue weighted by Crippen LogP contribution is 2.50. The molecule has 3 aliphatic rings. The van der Waals surface area contributed by atoms with E-state index < -0.39 is 0 Å². The van der Waals surface area contributed by atoms with E-state index in [9.17, 15) is 0 Å². The number of hydrogen-bond acceptors (Lipinski definition) is 2. The summed E-state index contributed by atoms with van der Waals surface area (Å²) in [5.74, 6) is 0.973. The zero-order valence-electron chi connectivity index (χ0n) is 23.9. The Kier molecular flexibility index (Phi) is 7.16. The van der Waals surface area contributed by atoms with Crippen LogP contribution in [0.3, 0.4) is 0 Å². The number of allylic oxidation sites excluding steroid dienone is 1. The van der Waals surface area contributed by atoms with Gasteiger partial charge in [0.2, 0.25) is 0 Å². The minimum absolute atomic E-state index is 0.298. The molecule has 2 fully saturated rings. The Hall–Kier alpha value is -2.52. The van der Waals surface area contributed by atoms with Crippen molar-refractivity contribution in [2.45, 2.75) is 102 Å². The molecule has 3 heteroatoms. The summed E-state index contributed by atoms with van der Waals surface area (Å²) in [4.78, 5) is 6.29. The molecule has 1 aliphatic heterocycles. The van der Waals surface area contributed by atoms with Crippen molar-refractivity contribution in [3.8, 4) is 0 Å². The fourth-order valence-electron chi connectivity index (χ4n) is 7.81. The Balaban J connectivity index is 1.14. The third kappa shape index (κ3) is 5.07. The molecule has 3 atom stereocenters. The standard InChI is InChI=1S/C35H47N3/c1-5-30(37-25(3)9-8-10-29-22-36-33-12-7-6-11-32(29)33)20-35-17-18-38(23-27-14-15-27)31(21-35)19-28-16-13-24(2)26(4)34(28)35/h6-7,11-13,16,22,27,30-31,36-37H,3,5,8-10,14-15,17-21,23H2,1-2,4H3. The van der Waals surface area contributed by atoms with Crippen LogP contribution in [0.25, 0.3) is 10.9 Å². The minimum Gasteiger partial charge on any atom is -0.386 e. The van der Waals surface area contributed by atoms with E-state index in [1.807, 2.05) is 0 Å². The number of likely N-dealkylation sites (tertiary alicyclic amines) is 1. The van der Waals surface area contributed by atoms with Gasteiger partial charge in [-0.1, -0.05) is 43.8 Å². The van der Waals surface area contributed by atoms with E-state index >= 15 is 0 Å². The van der Waals surface area contributed by atoms with Gasteiger partial charge in [-0.3, -0.25) is 4.90 Å². The summed E-state index contributed by atoms with van der Waals surface area (Å²) in [6, 6.07) is 14.7. The lowest BCUT2D eigenvalue weighted by Gasteiger charge is -2.53. The van der Waals surface area contributed by atoms with Crippen molar-refractivity contribution >= 4 is 10.9 Å². The smallest absolute Gasteiger partial charge is 0.0456 e. The van der Waals surface area contributed by atoms with Gasteiger partial charge in [0.15, 0.2) is 0 Å². The second kappa shape index (κ2) is 10.6. The van der Waals surface area contributed by atoms with Gasteiger partial charge in [0, 0.05) is 46.8 Å². The quantitative estimate of drug-likeness (QED) is 0.277. The Bertz CT molecular complexity index is 1300. The number of aryl methyl sites for hydroxylation is 2. The van der Waals surface area contributed by atoms with Crippen molar-refractivity contribution in [3.63, 3.8) is 0 Å². The molecule has 6 rings (SSSR count). The van der Waals surface area contributed by atoms with Crippen LogP contribution in [0.1, 0.15) is 86.1 Å². The van der Waals surface area contributed by atoms with Gasteiger partial charge >= 0.3 is 0 Å². The van der Waals surface area contributed by atoms with Gasteiger partial charge < -0.3 is 10.3 Å². The van der Waals surface area contributed by atoms with Crippen LogP contribution in [0.15, 0.2) is 54.9 Å². The van der Waals surface area contributed by atoms with Crippen LogP contribution < -0.4 is 5.32 Å². The van der Waals surface area contributed by atoms with E-state index in [0.717, 1.165) is 37.6 Å². The number of nitrogens with one attached hydrogen (secondary N) is 2. The molecule has 2 heterocycles. The summed E-state index contributed by atoms with van der Waals surface area (Å²) >= 11 is 0. The number of para-hydroxylation sites is 1. The van der Waals surface area contributed by atoms with Crippen LogP contribution >= 0.6 is 0 Å². The molecule has 0 radical (unpaired) electrons. The maximum Gasteiger partial charge on any atom is 0.0456 e. The molecule has 0 spiro atoms. The first-order chi connectivity index (χ1) is 18.5. The molecule has 2 N–H and O–H groups in total. The van der Waals surface area contributed by atoms with Gasteiger partial charge in [0.1, 0.15) is 0 Å². The van der Waals surface area contributed by atoms with E-state index in [2.05, 4.69) is 85.1 Å². The van der Waals surface area contributed by atoms with Crippen molar-refractivity contribution in [2.75, 3.05) is 13.1 Å². The van der Waals surface area contributed by atoms with Crippen molar-refractivity contribution in [2.24, 2.45) is 5.92 Å². The summed E-state index contributed by atoms with van der Waals surface area (Å²) in [5, 5.41) is 5.29. The number of aromatic amines is 1. The number of piperidine rings is 1. The van der Waals surface area contributed by atoms with E-state index in [1.54, 1.807) is 16.7 Å². The van der Waals surface area contributed by atoms with Gasteiger partial charge in [0.05, 0.1) is 0 Å². The molecule has 1 saturated heterocycles. The van der Waals surface area contributed by atoms with Crippen molar-refractivity contribution < 1.29 is 0 Å². The first-order valence-corrected chi connectivity index (χ1v) is 15.3. The lowest BCUT2D eigenvalue weighted by molar-refractivity contribution is 0.0655. The minimum atomic E-state index is 0.298. The number of aromatic nitrogens is 1. The lowest BCUT2D eigenvalue weighted by atomic mass is 9.59. The molecule has 2 aliphatic carbocycles. The maximum atomic E-state index is 4.49. The summed E-state index contributed by atoms with van der Waals surface area (Å²) < 4.78 is 0. The fourth-order valence-corrected chi connectivity index (χ4v) is 7.81. The summed E-state index contributed by atoms with van der Waals surface area (Å²) in [6.45, 7) is 14.2. The van der Waals surface area contributed by atoms with E-state index in [0.29, 0.717) is 11.5 Å². The zero-order valence-corrected chi connectivity index (χ0v) is 23.9. The molecule has 1 aromatic heterocycles. The van der Waals surface area contributed by atoms with Crippen LogP contribution in [-0.2, 0) is 18.3 Å². The number of hydrogen-bond donors (Lipinski definition) is 2. The number of benzene rings is 2. The molecular weight excluding hydrogens is 462 g/mol. The molecule has 2 aromatic carbocycles. The molecular formula is C35H47N3. The van der Waals surface area contributed by atoms with Gasteiger partial charge in [-0.15, -0.1) is 0 Å². The average molecular weight is 510 g/mol. The fraction of sp³-hybridized carbons (Fsp3) is 0.543.